The smallest absolute Gasteiger partial charge is 0.274 e. The summed E-state index contributed by atoms with van der Waals surface area (Å²) in [5.41, 5.74) is 0.431. The molecule has 0 radical (unpaired) electrons. The molecule has 5 heteroatoms. The third kappa shape index (κ3) is 1.79. The fraction of sp³-hybridized carbons (Fsp3) is 0.615. The monoisotopic (exact) mass is 247 g/mol. The predicted molar refractivity (Wildman–Crippen MR) is 65.0 cm³/mol. The standard InChI is InChI=1S/C13H17N3O2/c1-2-18-12-9-3-4-11(12)16(8-9)13(17)10-7-14-5-6-15-10/h5-7,9,11-12H,2-4,8H2,1H3/t9-,11+,12-/m0/s1. The molecule has 1 saturated carbocycles. The van der Waals surface area contributed by atoms with E-state index in [4.69, 9.17) is 4.74 Å². The summed E-state index contributed by atoms with van der Waals surface area (Å²) < 4.78 is 5.78. The average molecular weight is 247 g/mol. The second-order valence-corrected chi connectivity index (χ2v) is 4.87. The normalized spacial score (nSPS) is 29.8. The van der Waals surface area contributed by atoms with Gasteiger partial charge in [0.2, 0.25) is 0 Å². The number of nitrogens with zero attached hydrogens (tertiary/aromatic N) is 3. The molecule has 0 spiro atoms. The molecule has 5 nitrogen and oxygen atoms in total. The first kappa shape index (κ1) is 11.6. The summed E-state index contributed by atoms with van der Waals surface area (Å²) in [5, 5.41) is 0. The molecule has 0 aromatic carbocycles. The van der Waals surface area contributed by atoms with E-state index in [1.165, 1.54) is 12.6 Å². The van der Waals surface area contributed by atoms with Crippen LogP contribution in [0.3, 0.4) is 0 Å². The molecule has 1 aromatic rings. The molecule has 1 aliphatic heterocycles. The minimum atomic E-state index is -0.0139. The fourth-order valence-electron chi connectivity index (χ4n) is 3.17. The van der Waals surface area contributed by atoms with Gasteiger partial charge in [-0.25, -0.2) is 4.98 Å². The van der Waals surface area contributed by atoms with Gasteiger partial charge in [-0.05, 0) is 19.8 Å². The highest BCUT2D eigenvalue weighted by Crippen LogP contribution is 2.40. The lowest BCUT2D eigenvalue weighted by molar-refractivity contribution is 0.0331. The minimum absolute atomic E-state index is 0.0139. The molecule has 2 fully saturated rings. The van der Waals surface area contributed by atoms with Crippen LogP contribution in [-0.4, -0.2) is 46.1 Å². The molecule has 1 amide bonds. The molecule has 18 heavy (non-hydrogen) atoms. The summed E-state index contributed by atoms with van der Waals surface area (Å²) in [7, 11) is 0. The van der Waals surface area contributed by atoms with Crippen LogP contribution in [-0.2, 0) is 4.74 Å². The van der Waals surface area contributed by atoms with Gasteiger partial charge in [0, 0.05) is 31.5 Å². The first-order valence-corrected chi connectivity index (χ1v) is 6.50. The molecule has 3 atom stereocenters. The third-order valence-corrected chi connectivity index (χ3v) is 3.91. The lowest BCUT2D eigenvalue weighted by Gasteiger charge is -2.26. The first-order chi connectivity index (χ1) is 8.81. The van der Waals surface area contributed by atoms with Gasteiger partial charge < -0.3 is 9.64 Å². The molecule has 0 unspecified atom stereocenters. The van der Waals surface area contributed by atoms with E-state index < -0.39 is 0 Å². The Bertz CT molecular complexity index is 437. The van der Waals surface area contributed by atoms with Crippen molar-refractivity contribution >= 4 is 5.91 Å². The summed E-state index contributed by atoms with van der Waals surface area (Å²) >= 11 is 0. The van der Waals surface area contributed by atoms with Crippen LogP contribution in [0.1, 0.15) is 30.3 Å². The van der Waals surface area contributed by atoms with E-state index in [1.54, 1.807) is 12.4 Å². The number of carbonyl (C=O) groups is 1. The van der Waals surface area contributed by atoms with Crippen LogP contribution in [0.5, 0.6) is 0 Å². The van der Waals surface area contributed by atoms with Crippen LogP contribution < -0.4 is 0 Å². The Labute approximate surface area is 106 Å². The number of fused-ring (bicyclic) bond motifs is 2. The Morgan fingerprint density at radius 1 is 1.50 bits per heavy atom. The first-order valence-electron chi connectivity index (χ1n) is 6.50. The molecule has 2 bridgehead atoms. The molecule has 2 aliphatic rings. The van der Waals surface area contributed by atoms with Crippen LogP contribution in [0.2, 0.25) is 0 Å². The molecule has 2 heterocycles. The summed E-state index contributed by atoms with van der Waals surface area (Å²) in [4.78, 5) is 22.3. The zero-order valence-corrected chi connectivity index (χ0v) is 10.5. The summed E-state index contributed by atoms with van der Waals surface area (Å²) in [6.45, 7) is 3.52. The highest BCUT2D eigenvalue weighted by molar-refractivity contribution is 5.92. The minimum Gasteiger partial charge on any atom is -0.376 e. The summed E-state index contributed by atoms with van der Waals surface area (Å²) in [6.07, 6.45) is 7.10. The van der Waals surface area contributed by atoms with E-state index in [0.29, 0.717) is 18.2 Å². The Morgan fingerprint density at radius 3 is 3.11 bits per heavy atom. The molecule has 1 aromatic heterocycles. The molecule has 0 N–H and O–H groups in total. The van der Waals surface area contributed by atoms with Crippen LogP contribution in [0.25, 0.3) is 0 Å². The number of likely N-dealkylation sites (tertiary alicyclic amines) is 1. The number of aromatic nitrogens is 2. The van der Waals surface area contributed by atoms with Gasteiger partial charge >= 0.3 is 0 Å². The van der Waals surface area contributed by atoms with Gasteiger partial charge in [-0.1, -0.05) is 0 Å². The Kier molecular flexibility index (Phi) is 2.99. The average Bonchev–Trinajstić information content (AvgIpc) is 2.97. The number of carbonyl (C=O) groups excluding carboxylic acids is 1. The molecule has 1 saturated heterocycles. The fourth-order valence-corrected chi connectivity index (χ4v) is 3.17. The van der Waals surface area contributed by atoms with Crippen molar-refractivity contribution in [1.82, 2.24) is 14.9 Å². The summed E-state index contributed by atoms with van der Waals surface area (Å²) in [5.74, 6) is 0.482. The van der Waals surface area contributed by atoms with E-state index in [9.17, 15) is 4.79 Å². The lowest BCUT2D eigenvalue weighted by Crippen LogP contribution is -2.40. The highest BCUT2D eigenvalue weighted by atomic mass is 16.5. The topological polar surface area (TPSA) is 55.3 Å². The molecule has 1 aliphatic carbocycles. The van der Waals surface area contributed by atoms with Gasteiger partial charge in [-0.2, -0.15) is 0 Å². The van der Waals surface area contributed by atoms with Crippen molar-refractivity contribution in [1.29, 1.82) is 0 Å². The summed E-state index contributed by atoms with van der Waals surface area (Å²) in [6, 6.07) is 0.226. The van der Waals surface area contributed by atoms with E-state index in [2.05, 4.69) is 9.97 Å². The van der Waals surface area contributed by atoms with Crippen LogP contribution in [0.4, 0.5) is 0 Å². The maximum Gasteiger partial charge on any atom is 0.274 e. The lowest BCUT2D eigenvalue weighted by atomic mass is 10.1. The van der Waals surface area contributed by atoms with Crippen molar-refractivity contribution in [2.24, 2.45) is 5.92 Å². The van der Waals surface area contributed by atoms with Gasteiger partial charge in [0.25, 0.3) is 5.91 Å². The highest BCUT2D eigenvalue weighted by Gasteiger charge is 2.49. The quantitative estimate of drug-likeness (QED) is 0.803. The van der Waals surface area contributed by atoms with Crippen molar-refractivity contribution in [3.05, 3.63) is 24.3 Å². The number of hydrogen-bond acceptors (Lipinski definition) is 4. The predicted octanol–water partition coefficient (Wildman–Crippen LogP) is 1.12. The Morgan fingerprint density at radius 2 is 2.39 bits per heavy atom. The molecule has 3 rings (SSSR count). The van der Waals surface area contributed by atoms with Gasteiger partial charge in [0.05, 0.1) is 18.3 Å². The van der Waals surface area contributed by atoms with Gasteiger partial charge in [-0.15, -0.1) is 0 Å². The second kappa shape index (κ2) is 4.65. The number of rotatable bonds is 3. The number of hydrogen-bond donors (Lipinski definition) is 0. The maximum absolute atomic E-state index is 12.4. The van der Waals surface area contributed by atoms with Crippen molar-refractivity contribution in [3.63, 3.8) is 0 Å². The van der Waals surface area contributed by atoms with Crippen molar-refractivity contribution < 1.29 is 9.53 Å². The van der Waals surface area contributed by atoms with E-state index in [-0.39, 0.29) is 18.1 Å². The Hall–Kier alpha value is -1.49. The van der Waals surface area contributed by atoms with Crippen LogP contribution in [0, 0.1) is 5.92 Å². The number of amides is 1. The number of piperidine rings is 1. The van der Waals surface area contributed by atoms with Gasteiger partial charge in [-0.3, -0.25) is 9.78 Å². The van der Waals surface area contributed by atoms with Crippen molar-refractivity contribution in [2.75, 3.05) is 13.2 Å². The second-order valence-electron chi connectivity index (χ2n) is 4.87. The van der Waals surface area contributed by atoms with E-state index in [1.807, 2.05) is 11.8 Å². The number of ether oxygens (including phenoxy) is 1. The molecular formula is C13H17N3O2. The Balaban J connectivity index is 1.77. The van der Waals surface area contributed by atoms with Crippen LogP contribution in [0.15, 0.2) is 18.6 Å². The van der Waals surface area contributed by atoms with Gasteiger partial charge in [0.1, 0.15) is 5.69 Å². The zero-order chi connectivity index (χ0) is 12.5. The SMILES string of the molecule is CCO[C@H]1[C@H]2CC[C@H]1N(C(=O)c1cnccn1)C2. The van der Waals surface area contributed by atoms with Gasteiger partial charge in [0.15, 0.2) is 0 Å². The zero-order valence-electron chi connectivity index (χ0n) is 10.5. The van der Waals surface area contributed by atoms with Crippen LogP contribution >= 0.6 is 0 Å². The molecule has 96 valence electrons. The third-order valence-electron chi connectivity index (χ3n) is 3.91. The van der Waals surface area contributed by atoms with E-state index >= 15 is 0 Å². The maximum atomic E-state index is 12.4. The van der Waals surface area contributed by atoms with E-state index in [0.717, 1.165) is 13.0 Å². The molecular weight excluding hydrogens is 230 g/mol. The van der Waals surface area contributed by atoms with Crippen molar-refractivity contribution in [2.45, 2.75) is 31.9 Å². The largest absolute Gasteiger partial charge is 0.376 e. The van der Waals surface area contributed by atoms with Crippen molar-refractivity contribution in [3.8, 4) is 0 Å².